The molecule has 0 bridgehead atoms. The molecule has 3 aromatic carbocycles. The summed E-state index contributed by atoms with van der Waals surface area (Å²) in [5, 5.41) is 11.5. The van der Waals surface area contributed by atoms with Crippen molar-refractivity contribution in [3.8, 4) is 17.2 Å². The Morgan fingerprint density at radius 1 is 0.974 bits per heavy atom. The standard InChI is InChI=1S/C32H35NO6/c1-6-16-38-27-15-10-23(17-21(27)4)30(34)28-29(22-8-7-9-26(18-22)37-5)33(32(36)31(28)35)24-11-13-25(14-12-24)39-19-20(2)3/h7-15,17-18,20,29,34H,6,16,19H2,1-5H3/b30-28-. The molecule has 0 aliphatic carbocycles. The Bertz CT molecular complexity index is 1380. The molecule has 7 nitrogen and oxygen atoms in total. The van der Waals surface area contributed by atoms with Crippen molar-refractivity contribution < 1.29 is 28.9 Å². The van der Waals surface area contributed by atoms with Gasteiger partial charge in [0.2, 0.25) is 0 Å². The average molecular weight is 530 g/mol. The molecular weight excluding hydrogens is 494 g/mol. The Morgan fingerprint density at radius 3 is 2.36 bits per heavy atom. The van der Waals surface area contributed by atoms with Gasteiger partial charge in [-0.2, -0.15) is 0 Å². The van der Waals surface area contributed by atoms with E-state index in [0.717, 1.165) is 12.0 Å². The van der Waals surface area contributed by atoms with Gasteiger partial charge in [0, 0.05) is 11.3 Å². The number of hydrogen-bond donors (Lipinski definition) is 1. The minimum absolute atomic E-state index is 0.00927. The molecule has 0 radical (unpaired) electrons. The van der Waals surface area contributed by atoms with Crippen molar-refractivity contribution in [3.63, 3.8) is 0 Å². The number of aliphatic hydroxyl groups excluding tert-OH is 1. The fourth-order valence-electron chi connectivity index (χ4n) is 4.52. The van der Waals surface area contributed by atoms with Gasteiger partial charge in [0.05, 0.1) is 31.9 Å². The Balaban J connectivity index is 1.81. The van der Waals surface area contributed by atoms with E-state index in [1.807, 2.05) is 19.9 Å². The molecule has 0 aromatic heterocycles. The lowest BCUT2D eigenvalue weighted by atomic mass is 9.94. The number of carbonyl (C=O) groups excluding carboxylic acids is 2. The van der Waals surface area contributed by atoms with Gasteiger partial charge in [0.1, 0.15) is 23.0 Å². The molecule has 1 N–H and O–H groups in total. The first-order chi connectivity index (χ1) is 18.7. The van der Waals surface area contributed by atoms with Gasteiger partial charge in [-0.05, 0) is 85.0 Å². The van der Waals surface area contributed by atoms with Crippen LogP contribution >= 0.6 is 0 Å². The lowest BCUT2D eigenvalue weighted by Crippen LogP contribution is -2.29. The number of amides is 1. The molecule has 1 heterocycles. The van der Waals surface area contributed by atoms with E-state index in [1.54, 1.807) is 67.8 Å². The second kappa shape index (κ2) is 12.1. The van der Waals surface area contributed by atoms with E-state index in [1.165, 1.54) is 4.90 Å². The highest BCUT2D eigenvalue weighted by atomic mass is 16.5. The highest BCUT2D eigenvalue weighted by Crippen LogP contribution is 2.43. The smallest absolute Gasteiger partial charge is 0.300 e. The maximum Gasteiger partial charge on any atom is 0.300 e. The number of nitrogens with zero attached hydrogens (tertiary/aromatic N) is 1. The van der Waals surface area contributed by atoms with E-state index in [2.05, 4.69) is 13.8 Å². The predicted octanol–water partition coefficient (Wildman–Crippen LogP) is 6.45. The number of aryl methyl sites for hydroxylation is 1. The van der Waals surface area contributed by atoms with E-state index in [9.17, 15) is 14.7 Å². The van der Waals surface area contributed by atoms with Crippen molar-refractivity contribution in [2.24, 2.45) is 5.92 Å². The number of ether oxygens (including phenoxy) is 3. The van der Waals surface area contributed by atoms with Crippen LogP contribution in [0.2, 0.25) is 0 Å². The molecular formula is C32H35NO6. The summed E-state index contributed by atoms with van der Waals surface area (Å²) in [6.07, 6.45) is 0.871. The summed E-state index contributed by atoms with van der Waals surface area (Å²) >= 11 is 0. The molecule has 0 spiro atoms. The van der Waals surface area contributed by atoms with Crippen molar-refractivity contribution in [2.75, 3.05) is 25.2 Å². The summed E-state index contributed by atoms with van der Waals surface area (Å²) in [5.74, 6) is 0.589. The minimum atomic E-state index is -0.862. The third kappa shape index (κ3) is 5.93. The van der Waals surface area contributed by atoms with Gasteiger partial charge in [-0.25, -0.2) is 0 Å². The summed E-state index contributed by atoms with van der Waals surface area (Å²) in [6.45, 7) is 9.18. The molecule has 3 aromatic rings. The normalized spacial score (nSPS) is 16.6. The Morgan fingerprint density at radius 2 is 1.72 bits per heavy atom. The van der Waals surface area contributed by atoms with E-state index in [-0.39, 0.29) is 11.3 Å². The van der Waals surface area contributed by atoms with Crippen LogP contribution < -0.4 is 19.1 Å². The Kier molecular flexibility index (Phi) is 8.59. The van der Waals surface area contributed by atoms with Crippen LogP contribution in [0, 0.1) is 12.8 Å². The van der Waals surface area contributed by atoms with Crippen molar-refractivity contribution in [3.05, 3.63) is 89.0 Å². The molecule has 1 saturated heterocycles. The molecule has 39 heavy (non-hydrogen) atoms. The van der Waals surface area contributed by atoms with Gasteiger partial charge in [-0.1, -0.05) is 32.9 Å². The third-order valence-corrected chi connectivity index (χ3v) is 6.46. The van der Waals surface area contributed by atoms with Crippen LogP contribution in [0.25, 0.3) is 5.76 Å². The zero-order valence-corrected chi connectivity index (χ0v) is 23.1. The highest BCUT2D eigenvalue weighted by molar-refractivity contribution is 6.51. The molecule has 1 aliphatic rings. The second-order valence-corrected chi connectivity index (χ2v) is 9.97. The SMILES string of the molecule is CCCOc1ccc(/C(O)=C2/C(=O)C(=O)N(c3ccc(OCC(C)C)cc3)C2c2cccc(OC)c2)cc1C. The zero-order chi connectivity index (χ0) is 28.1. The summed E-state index contributed by atoms with van der Waals surface area (Å²) in [7, 11) is 1.55. The predicted molar refractivity (Wildman–Crippen MR) is 152 cm³/mol. The van der Waals surface area contributed by atoms with Crippen LogP contribution in [0.5, 0.6) is 17.2 Å². The maximum absolute atomic E-state index is 13.5. The van der Waals surface area contributed by atoms with Gasteiger partial charge in [0.15, 0.2) is 0 Å². The third-order valence-electron chi connectivity index (χ3n) is 6.46. The van der Waals surface area contributed by atoms with Crippen molar-refractivity contribution in [1.82, 2.24) is 0 Å². The number of rotatable bonds is 10. The number of hydrogen-bond acceptors (Lipinski definition) is 6. The molecule has 7 heteroatoms. The topological polar surface area (TPSA) is 85.3 Å². The molecule has 0 saturated carbocycles. The molecule has 1 atom stereocenters. The quantitative estimate of drug-likeness (QED) is 0.184. The Hall–Kier alpha value is -4.26. The largest absolute Gasteiger partial charge is 0.507 e. The monoisotopic (exact) mass is 529 g/mol. The van der Waals surface area contributed by atoms with E-state index in [0.29, 0.717) is 53.2 Å². The summed E-state index contributed by atoms with van der Waals surface area (Å²) in [4.78, 5) is 28.4. The van der Waals surface area contributed by atoms with Crippen LogP contribution in [0.1, 0.15) is 49.9 Å². The van der Waals surface area contributed by atoms with E-state index < -0.39 is 17.7 Å². The van der Waals surface area contributed by atoms with E-state index >= 15 is 0 Å². The lowest BCUT2D eigenvalue weighted by Gasteiger charge is -2.26. The number of carbonyl (C=O) groups is 2. The number of ketones is 1. The molecule has 1 amide bonds. The number of aliphatic hydroxyl groups is 1. The van der Waals surface area contributed by atoms with Gasteiger partial charge >= 0.3 is 0 Å². The van der Waals surface area contributed by atoms with Gasteiger partial charge < -0.3 is 19.3 Å². The van der Waals surface area contributed by atoms with Crippen LogP contribution in [0.4, 0.5) is 5.69 Å². The highest BCUT2D eigenvalue weighted by Gasteiger charge is 2.47. The summed E-state index contributed by atoms with van der Waals surface area (Å²) in [6, 6.07) is 18.6. The van der Waals surface area contributed by atoms with Crippen LogP contribution in [0.15, 0.2) is 72.3 Å². The van der Waals surface area contributed by atoms with Crippen LogP contribution in [-0.4, -0.2) is 37.1 Å². The van der Waals surface area contributed by atoms with Crippen molar-refractivity contribution in [2.45, 2.75) is 40.2 Å². The fraction of sp³-hybridized carbons (Fsp3) is 0.312. The number of methoxy groups -OCH3 is 1. The zero-order valence-electron chi connectivity index (χ0n) is 23.1. The first-order valence-electron chi connectivity index (χ1n) is 13.2. The van der Waals surface area contributed by atoms with Crippen molar-refractivity contribution in [1.29, 1.82) is 0 Å². The fourth-order valence-corrected chi connectivity index (χ4v) is 4.52. The second-order valence-electron chi connectivity index (χ2n) is 9.97. The molecule has 1 unspecified atom stereocenters. The molecule has 1 fully saturated rings. The van der Waals surface area contributed by atoms with Crippen LogP contribution in [-0.2, 0) is 9.59 Å². The average Bonchev–Trinajstić information content (AvgIpc) is 3.21. The first kappa shape index (κ1) is 27.8. The summed E-state index contributed by atoms with van der Waals surface area (Å²) in [5.41, 5.74) is 2.40. The van der Waals surface area contributed by atoms with Gasteiger partial charge in [-0.3, -0.25) is 14.5 Å². The maximum atomic E-state index is 13.5. The first-order valence-corrected chi connectivity index (χ1v) is 13.2. The molecule has 4 rings (SSSR count). The van der Waals surface area contributed by atoms with Gasteiger partial charge in [0.25, 0.3) is 11.7 Å². The molecule has 204 valence electrons. The number of anilines is 1. The number of Topliss-reactive ketones (excluding diaryl/α,β-unsaturated/α-hetero) is 1. The van der Waals surface area contributed by atoms with Crippen LogP contribution in [0.3, 0.4) is 0 Å². The van der Waals surface area contributed by atoms with Crippen molar-refractivity contribution >= 4 is 23.1 Å². The lowest BCUT2D eigenvalue weighted by molar-refractivity contribution is -0.132. The summed E-state index contributed by atoms with van der Waals surface area (Å²) < 4.78 is 17.0. The Labute approximate surface area is 229 Å². The minimum Gasteiger partial charge on any atom is -0.507 e. The van der Waals surface area contributed by atoms with E-state index in [4.69, 9.17) is 14.2 Å². The molecule has 1 aliphatic heterocycles. The number of benzene rings is 3. The van der Waals surface area contributed by atoms with Gasteiger partial charge in [-0.15, -0.1) is 0 Å².